The van der Waals surface area contributed by atoms with Gasteiger partial charge in [0.1, 0.15) is 11.6 Å². The molecule has 0 radical (unpaired) electrons. The number of aromatic nitrogens is 2. The van der Waals surface area contributed by atoms with Gasteiger partial charge in [0.05, 0.1) is 12.2 Å². The van der Waals surface area contributed by atoms with Gasteiger partial charge in [-0.1, -0.05) is 19.1 Å². The number of carbonyl (C=O) groups excluding carboxylic acids is 1. The fraction of sp³-hybridized carbons (Fsp3) is 0.500. The number of aryl methyl sites for hydroxylation is 1. The average molecular weight is 341 g/mol. The maximum Gasteiger partial charge on any atom is 0.257 e. The summed E-state index contributed by atoms with van der Waals surface area (Å²) in [5.41, 5.74) is 0.672. The fourth-order valence-corrected chi connectivity index (χ4v) is 3.51. The van der Waals surface area contributed by atoms with Crippen molar-refractivity contribution in [1.29, 1.82) is 0 Å². The topological polar surface area (TPSA) is 47.4 Å². The van der Waals surface area contributed by atoms with Crippen LogP contribution in [0.1, 0.15) is 42.9 Å². The molecule has 134 valence electrons. The standard InChI is InChI=1S/C20H27N3O2/c1-3-19-21-11-14-23(19)15-16-9-12-22(13-10-16)20(24)17-7-5-6-8-18(17)25-4-2/h5-8,11,14,16H,3-4,9-10,12-13,15H2,1-2H3. The third-order valence-corrected chi connectivity index (χ3v) is 4.89. The number of hydrogen-bond donors (Lipinski definition) is 0. The van der Waals surface area contributed by atoms with Crippen molar-refractivity contribution in [1.82, 2.24) is 14.5 Å². The van der Waals surface area contributed by atoms with Crippen LogP contribution < -0.4 is 4.74 Å². The molecule has 0 bridgehead atoms. The molecule has 1 aromatic carbocycles. The van der Waals surface area contributed by atoms with Crippen molar-refractivity contribution in [2.45, 2.75) is 39.7 Å². The molecule has 1 fully saturated rings. The summed E-state index contributed by atoms with van der Waals surface area (Å²) >= 11 is 0. The minimum atomic E-state index is 0.0828. The van der Waals surface area contributed by atoms with E-state index in [0.717, 1.165) is 44.7 Å². The van der Waals surface area contributed by atoms with Gasteiger partial charge in [-0.25, -0.2) is 4.98 Å². The lowest BCUT2D eigenvalue weighted by Crippen LogP contribution is -2.39. The van der Waals surface area contributed by atoms with Gasteiger partial charge in [-0.15, -0.1) is 0 Å². The second-order valence-corrected chi connectivity index (χ2v) is 6.51. The first-order chi connectivity index (χ1) is 12.2. The van der Waals surface area contributed by atoms with E-state index < -0.39 is 0 Å². The van der Waals surface area contributed by atoms with Gasteiger partial charge in [-0.3, -0.25) is 4.79 Å². The molecule has 0 atom stereocenters. The smallest absolute Gasteiger partial charge is 0.257 e. The van der Waals surface area contributed by atoms with Crippen molar-refractivity contribution in [2.24, 2.45) is 5.92 Å². The van der Waals surface area contributed by atoms with Gasteiger partial charge in [-0.2, -0.15) is 0 Å². The molecular formula is C20H27N3O2. The van der Waals surface area contributed by atoms with Crippen molar-refractivity contribution in [3.63, 3.8) is 0 Å². The second kappa shape index (κ2) is 8.19. The first kappa shape index (κ1) is 17.5. The largest absolute Gasteiger partial charge is 0.493 e. The lowest BCUT2D eigenvalue weighted by molar-refractivity contribution is 0.0678. The van der Waals surface area contributed by atoms with Crippen LogP contribution in [0.5, 0.6) is 5.75 Å². The van der Waals surface area contributed by atoms with Crippen LogP contribution in [0.4, 0.5) is 0 Å². The highest BCUT2D eigenvalue weighted by Gasteiger charge is 2.25. The van der Waals surface area contributed by atoms with Crippen LogP contribution >= 0.6 is 0 Å². The second-order valence-electron chi connectivity index (χ2n) is 6.51. The molecule has 1 amide bonds. The van der Waals surface area contributed by atoms with Crippen molar-refractivity contribution in [2.75, 3.05) is 19.7 Å². The average Bonchev–Trinajstić information content (AvgIpc) is 3.10. The summed E-state index contributed by atoms with van der Waals surface area (Å²) in [6.07, 6.45) is 6.96. The number of para-hydroxylation sites is 1. The molecule has 1 aliphatic rings. The first-order valence-electron chi connectivity index (χ1n) is 9.24. The Bertz CT molecular complexity index is 702. The van der Waals surface area contributed by atoms with E-state index in [2.05, 4.69) is 22.7 Å². The van der Waals surface area contributed by atoms with Crippen LogP contribution in [-0.4, -0.2) is 40.1 Å². The normalized spacial score (nSPS) is 15.4. The van der Waals surface area contributed by atoms with Crippen molar-refractivity contribution in [3.05, 3.63) is 48.0 Å². The molecular weight excluding hydrogens is 314 g/mol. The molecule has 2 heterocycles. The lowest BCUT2D eigenvalue weighted by atomic mass is 9.96. The minimum absolute atomic E-state index is 0.0828. The fourth-order valence-electron chi connectivity index (χ4n) is 3.51. The summed E-state index contributed by atoms with van der Waals surface area (Å²) in [5, 5.41) is 0. The summed E-state index contributed by atoms with van der Waals surface area (Å²) in [6.45, 7) is 7.25. The first-order valence-corrected chi connectivity index (χ1v) is 9.24. The van der Waals surface area contributed by atoms with Crippen LogP contribution in [0.25, 0.3) is 0 Å². The molecule has 2 aromatic rings. The number of likely N-dealkylation sites (tertiary alicyclic amines) is 1. The van der Waals surface area contributed by atoms with E-state index in [1.807, 2.05) is 42.3 Å². The summed E-state index contributed by atoms with van der Waals surface area (Å²) in [4.78, 5) is 19.2. The summed E-state index contributed by atoms with van der Waals surface area (Å²) in [6, 6.07) is 7.53. The number of rotatable bonds is 6. The molecule has 5 heteroatoms. The van der Waals surface area contributed by atoms with Crippen LogP contribution in [0.2, 0.25) is 0 Å². The lowest BCUT2D eigenvalue weighted by Gasteiger charge is -2.32. The number of amides is 1. The summed E-state index contributed by atoms with van der Waals surface area (Å²) in [5.74, 6) is 2.51. The van der Waals surface area contributed by atoms with Gasteiger partial charge < -0.3 is 14.2 Å². The number of hydrogen-bond acceptors (Lipinski definition) is 3. The third kappa shape index (κ3) is 4.03. The highest BCUT2D eigenvalue weighted by molar-refractivity contribution is 5.97. The minimum Gasteiger partial charge on any atom is -0.493 e. The number of imidazole rings is 1. The Morgan fingerprint density at radius 3 is 2.72 bits per heavy atom. The van der Waals surface area contributed by atoms with Crippen molar-refractivity contribution in [3.8, 4) is 5.75 Å². The molecule has 5 nitrogen and oxygen atoms in total. The van der Waals surface area contributed by atoms with Crippen molar-refractivity contribution < 1.29 is 9.53 Å². The Labute approximate surface area is 149 Å². The molecule has 0 aliphatic carbocycles. The number of nitrogens with zero attached hydrogens (tertiary/aromatic N) is 3. The molecule has 1 aliphatic heterocycles. The van der Waals surface area contributed by atoms with E-state index >= 15 is 0 Å². The number of piperidine rings is 1. The number of carbonyl (C=O) groups is 1. The van der Waals surface area contributed by atoms with Gasteiger partial charge in [0.25, 0.3) is 5.91 Å². The summed E-state index contributed by atoms with van der Waals surface area (Å²) in [7, 11) is 0. The molecule has 0 unspecified atom stereocenters. The van der Waals surface area contributed by atoms with Gasteiger partial charge in [-0.05, 0) is 37.8 Å². The van der Waals surface area contributed by atoms with Crippen LogP contribution in [0.3, 0.4) is 0 Å². The molecule has 0 N–H and O–H groups in total. The SMILES string of the molecule is CCOc1ccccc1C(=O)N1CCC(Cn2ccnc2CC)CC1. The molecule has 3 rings (SSSR count). The maximum absolute atomic E-state index is 12.9. The Hall–Kier alpha value is -2.30. The highest BCUT2D eigenvalue weighted by atomic mass is 16.5. The summed E-state index contributed by atoms with van der Waals surface area (Å²) < 4.78 is 7.86. The van der Waals surface area contributed by atoms with Gasteiger partial charge in [0, 0.05) is 38.4 Å². The van der Waals surface area contributed by atoms with E-state index in [-0.39, 0.29) is 5.91 Å². The Kier molecular flexibility index (Phi) is 5.74. The van der Waals surface area contributed by atoms with E-state index in [4.69, 9.17) is 4.74 Å². The number of benzene rings is 1. The molecule has 1 saturated heterocycles. The molecule has 1 aromatic heterocycles. The maximum atomic E-state index is 12.9. The Morgan fingerprint density at radius 2 is 2.00 bits per heavy atom. The van der Waals surface area contributed by atoms with E-state index in [1.165, 1.54) is 0 Å². The predicted octanol–water partition coefficient (Wildman–Crippen LogP) is 3.40. The van der Waals surface area contributed by atoms with Gasteiger partial charge >= 0.3 is 0 Å². The molecule has 0 spiro atoms. The van der Waals surface area contributed by atoms with Gasteiger partial charge in [0.2, 0.25) is 0 Å². The zero-order valence-electron chi connectivity index (χ0n) is 15.1. The Morgan fingerprint density at radius 1 is 1.24 bits per heavy atom. The quantitative estimate of drug-likeness (QED) is 0.809. The van der Waals surface area contributed by atoms with E-state index in [9.17, 15) is 4.79 Å². The van der Waals surface area contributed by atoms with Crippen LogP contribution in [-0.2, 0) is 13.0 Å². The zero-order valence-corrected chi connectivity index (χ0v) is 15.1. The monoisotopic (exact) mass is 341 g/mol. The predicted molar refractivity (Wildman–Crippen MR) is 97.8 cm³/mol. The van der Waals surface area contributed by atoms with Crippen LogP contribution in [0.15, 0.2) is 36.7 Å². The highest BCUT2D eigenvalue weighted by Crippen LogP contribution is 2.25. The third-order valence-electron chi connectivity index (χ3n) is 4.89. The molecule has 0 saturated carbocycles. The van der Waals surface area contributed by atoms with E-state index in [0.29, 0.717) is 23.8 Å². The van der Waals surface area contributed by atoms with Crippen LogP contribution in [0, 0.1) is 5.92 Å². The van der Waals surface area contributed by atoms with Gasteiger partial charge in [0.15, 0.2) is 0 Å². The number of ether oxygens (including phenoxy) is 1. The van der Waals surface area contributed by atoms with Crippen molar-refractivity contribution >= 4 is 5.91 Å². The Balaban J connectivity index is 1.59. The zero-order chi connectivity index (χ0) is 17.6. The van der Waals surface area contributed by atoms with E-state index in [1.54, 1.807) is 0 Å². The molecule has 25 heavy (non-hydrogen) atoms.